The second-order valence-corrected chi connectivity index (χ2v) is 9.50. The Balaban J connectivity index is 1.87. The van der Waals surface area contributed by atoms with Crippen LogP contribution < -0.4 is 21.7 Å². The van der Waals surface area contributed by atoms with Gasteiger partial charge in [0.15, 0.2) is 0 Å². The molecule has 0 radical (unpaired) electrons. The molecule has 0 fully saturated rings. The smallest absolute Gasteiger partial charge is 0.328 e. The molecule has 9 N–H and O–H groups in total. The number of hydrogen-bond donors (Lipinski definition) is 8. The molecular weight excluding hydrogens is 534 g/mol. The molecule has 0 spiro atoms. The third-order valence-electron chi connectivity index (χ3n) is 6.45. The van der Waals surface area contributed by atoms with Crippen LogP contribution in [0.2, 0.25) is 0 Å². The first kappa shape index (κ1) is 30.8. The standard InChI is InChI=1S/C28H33N5O8/c29-19(10-11-24(35)36)25(37)31-22(13-17-14-30-20-9-5-4-8-18(17)20)27(39)32-21(12-16-6-2-1-3-7-16)26(38)33-23(15-34)28(40)41/h1-9,14,19,21-23,30,34H,10-13,15,29H2,(H,31,37)(H,32,39)(H,33,38)(H,35,36)(H,40,41). The van der Waals surface area contributed by atoms with Gasteiger partial charge in [0.25, 0.3) is 0 Å². The normalized spacial score (nSPS) is 13.9. The van der Waals surface area contributed by atoms with Crippen LogP contribution in [-0.2, 0) is 36.8 Å². The Hall–Kier alpha value is -4.75. The zero-order valence-electron chi connectivity index (χ0n) is 22.1. The largest absolute Gasteiger partial charge is 0.481 e. The van der Waals surface area contributed by atoms with Gasteiger partial charge in [0.2, 0.25) is 17.7 Å². The van der Waals surface area contributed by atoms with Gasteiger partial charge < -0.3 is 42.0 Å². The number of amides is 3. The highest BCUT2D eigenvalue weighted by atomic mass is 16.4. The van der Waals surface area contributed by atoms with E-state index in [1.165, 1.54) is 0 Å². The molecule has 0 aliphatic rings. The minimum Gasteiger partial charge on any atom is -0.481 e. The fourth-order valence-corrected chi connectivity index (χ4v) is 4.21. The van der Waals surface area contributed by atoms with Gasteiger partial charge in [-0.15, -0.1) is 0 Å². The number of carbonyl (C=O) groups excluding carboxylic acids is 3. The summed E-state index contributed by atoms with van der Waals surface area (Å²) in [5.74, 6) is -4.93. The minimum atomic E-state index is -1.59. The van der Waals surface area contributed by atoms with Crippen LogP contribution in [0.5, 0.6) is 0 Å². The van der Waals surface area contributed by atoms with Crippen molar-refractivity contribution in [1.82, 2.24) is 20.9 Å². The fourth-order valence-electron chi connectivity index (χ4n) is 4.21. The van der Waals surface area contributed by atoms with Crippen molar-refractivity contribution >= 4 is 40.6 Å². The maximum absolute atomic E-state index is 13.6. The monoisotopic (exact) mass is 567 g/mol. The van der Waals surface area contributed by atoms with E-state index in [1.807, 2.05) is 24.3 Å². The van der Waals surface area contributed by atoms with Crippen molar-refractivity contribution in [2.75, 3.05) is 6.61 Å². The molecule has 0 bridgehead atoms. The molecule has 2 aromatic carbocycles. The van der Waals surface area contributed by atoms with Crippen LogP contribution in [0.15, 0.2) is 60.8 Å². The number of aliphatic hydroxyl groups excluding tert-OH is 1. The van der Waals surface area contributed by atoms with E-state index in [4.69, 9.17) is 10.8 Å². The SMILES string of the molecule is NC(CCC(=O)O)C(=O)NC(Cc1c[nH]c2ccccc12)C(=O)NC(Cc1ccccc1)C(=O)NC(CO)C(=O)O. The molecule has 41 heavy (non-hydrogen) atoms. The first-order valence-electron chi connectivity index (χ1n) is 12.9. The molecule has 218 valence electrons. The van der Waals surface area contributed by atoms with Crippen LogP contribution in [0.3, 0.4) is 0 Å². The maximum atomic E-state index is 13.6. The number of aromatic amines is 1. The Morgan fingerprint density at radius 3 is 2.00 bits per heavy atom. The number of carbonyl (C=O) groups is 5. The summed E-state index contributed by atoms with van der Waals surface area (Å²) in [5.41, 5.74) is 8.03. The van der Waals surface area contributed by atoms with Crippen LogP contribution in [0.25, 0.3) is 10.9 Å². The van der Waals surface area contributed by atoms with Crippen LogP contribution in [0.4, 0.5) is 0 Å². The van der Waals surface area contributed by atoms with Crippen LogP contribution in [-0.4, -0.2) is 80.7 Å². The quantitative estimate of drug-likeness (QED) is 0.120. The van der Waals surface area contributed by atoms with Crippen molar-refractivity contribution in [3.8, 4) is 0 Å². The van der Waals surface area contributed by atoms with Gasteiger partial charge in [0, 0.05) is 36.4 Å². The molecule has 4 unspecified atom stereocenters. The lowest BCUT2D eigenvalue weighted by Gasteiger charge is -2.25. The number of aliphatic hydroxyl groups is 1. The number of carboxylic acids is 2. The highest BCUT2D eigenvalue weighted by Gasteiger charge is 2.31. The molecule has 13 nitrogen and oxygen atoms in total. The Morgan fingerprint density at radius 1 is 0.780 bits per heavy atom. The highest BCUT2D eigenvalue weighted by molar-refractivity contribution is 5.95. The Bertz CT molecular complexity index is 1380. The summed E-state index contributed by atoms with van der Waals surface area (Å²) in [6, 6.07) is 10.7. The van der Waals surface area contributed by atoms with Gasteiger partial charge in [-0.25, -0.2) is 4.79 Å². The summed E-state index contributed by atoms with van der Waals surface area (Å²) < 4.78 is 0. The van der Waals surface area contributed by atoms with E-state index in [9.17, 15) is 34.2 Å². The predicted octanol–water partition coefficient (Wildman–Crippen LogP) is -0.323. The third-order valence-corrected chi connectivity index (χ3v) is 6.45. The topological polar surface area (TPSA) is 224 Å². The third kappa shape index (κ3) is 8.88. The summed E-state index contributed by atoms with van der Waals surface area (Å²) >= 11 is 0. The van der Waals surface area contributed by atoms with Crippen molar-refractivity contribution in [2.45, 2.75) is 49.9 Å². The summed E-state index contributed by atoms with van der Waals surface area (Å²) in [4.78, 5) is 64.9. The van der Waals surface area contributed by atoms with Gasteiger partial charge in [-0.2, -0.15) is 0 Å². The molecule has 0 aliphatic heterocycles. The van der Waals surface area contributed by atoms with Crippen LogP contribution in [0, 0.1) is 0 Å². The number of aliphatic carboxylic acids is 2. The van der Waals surface area contributed by atoms with Crippen LogP contribution in [0.1, 0.15) is 24.0 Å². The van der Waals surface area contributed by atoms with E-state index < -0.39 is 60.4 Å². The molecule has 13 heteroatoms. The average molecular weight is 568 g/mol. The van der Waals surface area contributed by atoms with E-state index in [0.717, 1.165) is 10.9 Å². The number of hydrogen-bond acceptors (Lipinski definition) is 7. The van der Waals surface area contributed by atoms with Gasteiger partial charge in [0.1, 0.15) is 18.1 Å². The first-order chi connectivity index (χ1) is 19.6. The summed E-state index contributed by atoms with van der Waals surface area (Å²) in [5, 5.41) is 35.8. The van der Waals surface area contributed by atoms with Crippen molar-refractivity contribution in [3.05, 3.63) is 71.9 Å². The Morgan fingerprint density at radius 2 is 1.37 bits per heavy atom. The lowest BCUT2D eigenvalue weighted by molar-refractivity contribution is -0.143. The van der Waals surface area contributed by atoms with Crippen LogP contribution >= 0.6 is 0 Å². The fraction of sp³-hybridized carbons (Fsp3) is 0.321. The number of nitrogens with two attached hydrogens (primary N) is 1. The lowest BCUT2D eigenvalue weighted by atomic mass is 10.0. The number of fused-ring (bicyclic) bond motifs is 1. The second-order valence-electron chi connectivity index (χ2n) is 9.50. The van der Waals surface area contributed by atoms with E-state index in [2.05, 4.69) is 20.9 Å². The van der Waals surface area contributed by atoms with E-state index in [1.54, 1.807) is 36.5 Å². The zero-order chi connectivity index (χ0) is 29.9. The van der Waals surface area contributed by atoms with Gasteiger partial charge in [-0.3, -0.25) is 19.2 Å². The molecule has 3 amide bonds. The van der Waals surface area contributed by atoms with Gasteiger partial charge in [-0.05, 0) is 23.6 Å². The zero-order valence-corrected chi connectivity index (χ0v) is 22.1. The summed E-state index contributed by atoms with van der Waals surface area (Å²) in [6.07, 6.45) is 1.18. The van der Waals surface area contributed by atoms with Gasteiger partial charge in [0.05, 0.1) is 12.6 Å². The molecule has 4 atom stereocenters. The van der Waals surface area contributed by atoms with E-state index >= 15 is 0 Å². The molecule has 1 heterocycles. The first-order valence-corrected chi connectivity index (χ1v) is 12.9. The number of aromatic nitrogens is 1. The molecule has 3 rings (SSSR count). The van der Waals surface area contributed by atoms with E-state index in [0.29, 0.717) is 11.1 Å². The van der Waals surface area contributed by atoms with Gasteiger partial charge in [-0.1, -0.05) is 48.5 Å². The van der Waals surface area contributed by atoms with Crippen molar-refractivity contribution in [2.24, 2.45) is 5.73 Å². The second kappa shape index (κ2) is 14.6. The molecule has 0 aliphatic carbocycles. The lowest BCUT2D eigenvalue weighted by Crippen LogP contribution is -2.58. The number of nitrogens with one attached hydrogen (secondary N) is 4. The van der Waals surface area contributed by atoms with E-state index in [-0.39, 0.29) is 25.7 Å². The predicted molar refractivity (Wildman–Crippen MR) is 148 cm³/mol. The number of H-pyrrole nitrogens is 1. The molecule has 0 saturated heterocycles. The highest BCUT2D eigenvalue weighted by Crippen LogP contribution is 2.19. The summed E-state index contributed by atoms with van der Waals surface area (Å²) in [6.45, 7) is -0.861. The Kier molecular flexibility index (Phi) is 11.0. The van der Waals surface area contributed by atoms with Gasteiger partial charge >= 0.3 is 11.9 Å². The number of para-hydroxylation sites is 1. The number of benzene rings is 2. The molecular formula is C28H33N5O8. The molecule has 3 aromatic rings. The number of carboxylic acid groups (broad SMARTS) is 2. The number of rotatable bonds is 15. The Labute approximate surface area is 235 Å². The molecule has 0 saturated carbocycles. The average Bonchev–Trinajstić information content (AvgIpc) is 3.36. The maximum Gasteiger partial charge on any atom is 0.328 e. The van der Waals surface area contributed by atoms with Crippen molar-refractivity contribution in [1.29, 1.82) is 0 Å². The minimum absolute atomic E-state index is 0.00129. The molecule has 1 aromatic heterocycles. The van der Waals surface area contributed by atoms with Crippen molar-refractivity contribution < 1.29 is 39.3 Å². The van der Waals surface area contributed by atoms with Crippen molar-refractivity contribution in [3.63, 3.8) is 0 Å². The summed E-state index contributed by atoms with van der Waals surface area (Å²) in [7, 11) is 0.